The molecule has 0 radical (unpaired) electrons. The average Bonchev–Trinajstić information content (AvgIpc) is 2.22. The normalized spacial score (nSPS) is 10.3. The minimum Gasteiger partial charge on any atom is -0.255 e. The summed E-state index contributed by atoms with van der Waals surface area (Å²) >= 11 is 5.94. The maximum atomic E-state index is 13.3. The summed E-state index contributed by atoms with van der Waals surface area (Å²) in [5, 5.41) is 9.46. The SMILES string of the molecule is Cc1cc2ncc(C#N)c(Cl)c2cc1F. The highest BCUT2D eigenvalue weighted by atomic mass is 35.5. The molecule has 2 rings (SSSR count). The summed E-state index contributed by atoms with van der Waals surface area (Å²) in [6.45, 7) is 1.66. The van der Waals surface area contributed by atoms with Crippen LogP contribution in [0, 0.1) is 24.1 Å². The van der Waals surface area contributed by atoms with Crippen LogP contribution in [0.25, 0.3) is 10.9 Å². The molecule has 0 aliphatic rings. The summed E-state index contributed by atoms with van der Waals surface area (Å²) in [7, 11) is 0. The van der Waals surface area contributed by atoms with Gasteiger partial charge in [0.25, 0.3) is 0 Å². The first-order chi connectivity index (χ1) is 7.13. The Kier molecular flexibility index (Phi) is 2.29. The first-order valence-corrected chi connectivity index (χ1v) is 4.65. The van der Waals surface area contributed by atoms with E-state index in [9.17, 15) is 4.39 Å². The van der Waals surface area contributed by atoms with E-state index in [0.29, 0.717) is 16.5 Å². The van der Waals surface area contributed by atoms with Crippen LogP contribution in [0.5, 0.6) is 0 Å². The highest BCUT2D eigenvalue weighted by Crippen LogP contribution is 2.27. The van der Waals surface area contributed by atoms with Crippen molar-refractivity contribution in [3.63, 3.8) is 0 Å². The van der Waals surface area contributed by atoms with Gasteiger partial charge in [0.15, 0.2) is 0 Å². The van der Waals surface area contributed by atoms with Crippen LogP contribution in [0.1, 0.15) is 11.1 Å². The molecule has 1 aromatic carbocycles. The predicted molar refractivity (Wildman–Crippen MR) is 56.2 cm³/mol. The zero-order chi connectivity index (χ0) is 11.0. The largest absolute Gasteiger partial charge is 0.255 e. The van der Waals surface area contributed by atoms with Gasteiger partial charge < -0.3 is 0 Å². The van der Waals surface area contributed by atoms with Gasteiger partial charge in [-0.2, -0.15) is 5.26 Å². The Balaban J connectivity index is 2.89. The molecule has 2 nitrogen and oxygen atoms in total. The van der Waals surface area contributed by atoms with Crippen molar-refractivity contribution in [2.24, 2.45) is 0 Å². The molecule has 0 saturated heterocycles. The van der Waals surface area contributed by atoms with Gasteiger partial charge in [-0.15, -0.1) is 0 Å². The van der Waals surface area contributed by atoms with Gasteiger partial charge in [0.2, 0.25) is 0 Å². The van der Waals surface area contributed by atoms with Crippen molar-refractivity contribution < 1.29 is 4.39 Å². The fraction of sp³-hybridized carbons (Fsp3) is 0.0909. The van der Waals surface area contributed by atoms with Gasteiger partial charge in [0, 0.05) is 11.6 Å². The lowest BCUT2D eigenvalue weighted by Gasteiger charge is -2.03. The van der Waals surface area contributed by atoms with Crippen molar-refractivity contribution in [3.05, 3.63) is 40.3 Å². The van der Waals surface area contributed by atoms with Crippen molar-refractivity contribution in [2.45, 2.75) is 6.92 Å². The zero-order valence-electron chi connectivity index (χ0n) is 7.88. The second-order valence-corrected chi connectivity index (χ2v) is 3.59. The van der Waals surface area contributed by atoms with E-state index in [4.69, 9.17) is 16.9 Å². The van der Waals surface area contributed by atoms with Crippen LogP contribution in [-0.4, -0.2) is 4.98 Å². The molecule has 0 fully saturated rings. The minimum absolute atomic E-state index is 0.251. The van der Waals surface area contributed by atoms with Gasteiger partial charge in [-0.3, -0.25) is 4.98 Å². The number of aryl methyl sites for hydroxylation is 1. The Hall–Kier alpha value is -1.66. The van der Waals surface area contributed by atoms with Crippen molar-refractivity contribution in [3.8, 4) is 6.07 Å². The van der Waals surface area contributed by atoms with Crippen LogP contribution in [0.2, 0.25) is 5.02 Å². The van der Waals surface area contributed by atoms with E-state index >= 15 is 0 Å². The molecule has 0 saturated carbocycles. The number of rotatable bonds is 0. The minimum atomic E-state index is -0.346. The fourth-order valence-electron chi connectivity index (χ4n) is 1.36. The number of nitriles is 1. The van der Waals surface area contributed by atoms with Gasteiger partial charge in [-0.25, -0.2) is 4.39 Å². The van der Waals surface area contributed by atoms with E-state index in [-0.39, 0.29) is 16.4 Å². The van der Waals surface area contributed by atoms with Crippen molar-refractivity contribution >= 4 is 22.5 Å². The number of hydrogen-bond donors (Lipinski definition) is 0. The molecule has 0 aliphatic carbocycles. The number of pyridine rings is 1. The van der Waals surface area contributed by atoms with E-state index in [1.165, 1.54) is 12.3 Å². The molecule has 1 aromatic heterocycles. The first kappa shape index (κ1) is 9.88. The van der Waals surface area contributed by atoms with Crippen LogP contribution in [0.15, 0.2) is 18.3 Å². The molecule has 2 aromatic rings. The zero-order valence-corrected chi connectivity index (χ0v) is 8.64. The fourth-order valence-corrected chi connectivity index (χ4v) is 1.61. The maximum absolute atomic E-state index is 13.3. The van der Waals surface area contributed by atoms with Crippen LogP contribution >= 0.6 is 11.6 Å². The quantitative estimate of drug-likeness (QED) is 0.684. The summed E-state index contributed by atoms with van der Waals surface area (Å²) in [6, 6.07) is 4.82. The molecule has 15 heavy (non-hydrogen) atoms. The number of aromatic nitrogens is 1. The molecule has 0 spiro atoms. The third-order valence-electron chi connectivity index (χ3n) is 2.20. The first-order valence-electron chi connectivity index (χ1n) is 4.28. The van der Waals surface area contributed by atoms with Crippen LogP contribution in [0.4, 0.5) is 4.39 Å². The van der Waals surface area contributed by atoms with Gasteiger partial charge in [0.1, 0.15) is 11.9 Å². The topological polar surface area (TPSA) is 36.7 Å². The maximum Gasteiger partial charge on any atom is 0.126 e. The molecule has 74 valence electrons. The Bertz CT molecular complexity index is 587. The monoisotopic (exact) mass is 220 g/mol. The summed E-state index contributed by atoms with van der Waals surface area (Å²) < 4.78 is 13.3. The molecule has 0 atom stereocenters. The van der Waals surface area contributed by atoms with Gasteiger partial charge in [-0.05, 0) is 24.6 Å². The number of benzene rings is 1. The molecule has 0 bridgehead atoms. The smallest absolute Gasteiger partial charge is 0.126 e. The lowest BCUT2D eigenvalue weighted by molar-refractivity contribution is 0.620. The molecule has 0 unspecified atom stereocenters. The Labute approximate surface area is 90.9 Å². The van der Waals surface area contributed by atoms with E-state index in [2.05, 4.69) is 4.98 Å². The highest BCUT2D eigenvalue weighted by molar-refractivity contribution is 6.36. The lowest BCUT2D eigenvalue weighted by Crippen LogP contribution is -1.89. The molecular weight excluding hydrogens is 215 g/mol. The van der Waals surface area contributed by atoms with Crippen LogP contribution < -0.4 is 0 Å². The third-order valence-corrected chi connectivity index (χ3v) is 2.61. The van der Waals surface area contributed by atoms with Crippen molar-refractivity contribution in [1.29, 1.82) is 5.26 Å². The number of nitrogens with zero attached hydrogens (tertiary/aromatic N) is 2. The Morgan fingerprint density at radius 2 is 2.20 bits per heavy atom. The second-order valence-electron chi connectivity index (χ2n) is 3.22. The van der Waals surface area contributed by atoms with Crippen molar-refractivity contribution in [1.82, 2.24) is 4.98 Å². The molecular formula is C11H6ClFN2. The van der Waals surface area contributed by atoms with Gasteiger partial charge in [-0.1, -0.05) is 11.6 Å². The highest BCUT2D eigenvalue weighted by Gasteiger charge is 2.08. The molecule has 0 N–H and O–H groups in total. The summed E-state index contributed by atoms with van der Waals surface area (Å²) in [6.07, 6.45) is 1.39. The lowest BCUT2D eigenvalue weighted by atomic mass is 10.1. The molecule has 0 aliphatic heterocycles. The van der Waals surface area contributed by atoms with Crippen LogP contribution in [-0.2, 0) is 0 Å². The van der Waals surface area contributed by atoms with Crippen molar-refractivity contribution in [2.75, 3.05) is 0 Å². The summed E-state index contributed by atoms with van der Waals surface area (Å²) in [5.74, 6) is -0.346. The molecule has 1 heterocycles. The van der Waals surface area contributed by atoms with E-state index < -0.39 is 0 Å². The standard InChI is InChI=1S/C11H6ClFN2/c1-6-2-10-8(3-9(6)13)11(12)7(4-14)5-15-10/h2-3,5H,1H3. The van der Waals surface area contributed by atoms with E-state index in [0.717, 1.165) is 0 Å². The van der Waals surface area contributed by atoms with Gasteiger partial charge in [0.05, 0.1) is 16.1 Å². The number of fused-ring (bicyclic) bond motifs is 1. The van der Waals surface area contributed by atoms with Crippen LogP contribution in [0.3, 0.4) is 0 Å². The third kappa shape index (κ3) is 1.53. The molecule has 0 amide bonds. The van der Waals surface area contributed by atoms with E-state index in [1.807, 2.05) is 6.07 Å². The Morgan fingerprint density at radius 1 is 1.47 bits per heavy atom. The summed E-state index contributed by atoms with van der Waals surface area (Å²) in [4.78, 5) is 4.04. The van der Waals surface area contributed by atoms with E-state index in [1.54, 1.807) is 13.0 Å². The molecule has 4 heteroatoms. The predicted octanol–water partition coefficient (Wildman–Crippen LogP) is 3.21. The number of halogens is 2. The van der Waals surface area contributed by atoms with Gasteiger partial charge >= 0.3 is 0 Å². The average molecular weight is 221 g/mol. The number of hydrogen-bond acceptors (Lipinski definition) is 2. The summed E-state index contributed by atoms with van der Waals surface area (Å²) in [5.41, 5.74) is 1.36. The Morgan fingerprint density at radius 3 is 2.87 bits per heavy atom. The second kappa shape index (κ2) is 3.48.